The van der Waals surface area contributed by atoms with Gasteiger partial charge in [0.05, 0.1) is 28.1 Å². The van der Waals surface area contributed by atoms with Gasteiger partial charge in [0.1, 0.15) is 11.6 Å². The Morgan fingerprint density at radius 2 is 1.52 bits per heavy atom. The Balaban J connectivity index is 1.37. The van der Waals surface area contributed by atoms with Crippen molar-refractivity contribution in [3.63, 3.8) is 0 Å². The summed E-state index contributed by atoms with van der Waals surface area (Å²) in [5.74, 6) is -6.94. The third kappa shape index (κ3) is 3.94. The van der Waals surface area contributed by atoms with Crippen LogP contribution in [0.3, 0.4) is 0 Å². The molecule has 6 atom stereocenters. The van der Waals surface area contributed by atoms with E-state index in [4.69, 9.17) is 23.2 Å². The monoisotopic (exact) mass is 663 g/mol. The third-order valence-corrected chi connectivity index (χ3v) is 11.2. The van der Waals surface area contributed by atoms with Crippen molar-refractivity contribution in [2.75, 3.05) is 9.80 Å². The molecule has 0 radical (unpaired) electrons. The van der Waals surface area contributed by atoms with E-state index in [1.807, 2.05) is 0 Å². The lowest BCUT2D eigenvalue weighted by atomic mass is 9.56. The minimum absolute atomic E-state index is 0.00775. The number of halogens is 3. The van der Waals surface area contributed by atoms with Gasteiger partial charge in [0.25, 0.3) is 17.5 Å². The Morgan fingerprint density at radius 3 is 2.15 bits per heavy atom. The van der Waals surface area contributed by atoms with Crippen LogP contribution in [0.5, 0.6) is 5.75 Å². The zero-order valence-corrected chi connectivity index (χ0v) is 25.5. The van der Waals surface area contributed by atoms with E-state index in [0.29, 0.717) is 16.7 Å². The van der Waals surface area contributed by atoms with Gasteiger partial charge in [-0.1, -0.05) is 23.8 Å². The summed E-state index contributed by atoms with van der Waals surface area (Å²) in [7, 11) is 0. The minimum atomic E-state index is -2.09. The Labute approximate surface area is 271 Å². The molecule has 234 valence electrons. The number of aromatic hydroxyl groups is 1. The highest BCUT2D eigenvalue weighted by molar-refractivity contribution is 6.58. The molecule has 2 aliphatic carbocycles. The van der Waals surface area contributed by atoms with Gasteiger partial charge in [0.15, 0.2) is 9.75 Å². The summed E-state index contributed by atoms with van der Waals surface area (Å²) >= 11 is 14.7. The highest BCUT2D eigenvalue weighted by Gasteiger charge is 2.76. The number of amides is 4. The number of nitro groups is 1. The smallest absolute Gasteiger partial charge is 0.269 e. The fourth-order valence-electron chi connectivity index (χ4n) is 7.61. The number of alkyl halides is 2. The van der Waals surface area contributed by atoms with Crippen LogP contribution < -0.4 is 9.80 Å². The number of allylic oxidation sites excluding steroid dienone is 2. The summed E-state index contributed by atoms with van der Waals surface area (Å²) in [5.41, 5.74) is 1.53. The number of non-ortho nitro benzene ring substituents is 1. The van der Waals surface area contributed by atoms with Gasteiger partial charge in [-0.25, -0.2) is 9.29 Å². The molecule has 2 aliphatic heterocycles. The van der Waals surface area contributed by atoms with Crippen molar-refractivity contribution in [1.29, 1.82) is 0 Å². The van der Waals surface area contributed by atoms with E-state index in [-0.39, 0.29) is 35.7 Å². The molecule has 13 heteroatoms. The van der Waals surface area contributed by atoms with Gasteiger partial charge in [-0.05, 0) is 79.3 Å². The summed E-state index contributed by atoms with van der Waals surface area (Å²) in [6, 6.07) is 14.5. The molecule has 2 saturated heterocycles. The van der Waals surface area contributed by atoms with Crippen LogP contribution in [0.15, 0.2) is 78.4 Å². The van der Waals surface area contributed by atoms with Gasteiger partial charge in [-0.15, -0.1) is 23.2 Å². The fourth-order valence-corrected chi connectivity index (χ4v) is 8.54. The number of fused-ring (bicyclic) bond motifs is 4. The SMILES string of the molecule is Cc1cc(C2C3=CCC4C(=O)N(c5ccc([N+](=O)[O-])cc5)C(=O)C4C3CC3(Cl)C(=O)N(c4ccc(F)cc4)C(=O)C23Cl)ccc1O. The number of hydrogen-bond acceptors (Lipinski definition) is 7. The van der Waals surface area contributed by atoms with Gasteiger partial charge in [0.2, 0.25) is 11.8 Å². The topological polar surface area (TPSA) is 138 Å². The van der Waals surface area contributed by atoms with Crippen LogP contribution in [0.2, 0.25) is 0 Å². The number of imide groups is 2. The van der Waals surface area contributed by atoms with Crippen molar-refractivity contribution < 1.29 is 33.6 Å². The van der Waals surface area contributed by atoms with Crippen LogP contribution in [0, 0.1) is 40.6 Å². The number of phenolic OH excluding ortho intramolecular Hbond substituents is 1. The number of nitro benzene ring substituents is 1. The van der Waals surface area contributed by atoms with Crippen LogP contribution in [-0.4, -0.2) is 43.4 Å². The van der Waals surface area contributed by atoms with E-state index in [0.717, 1.165) is 21.9 Å². The maximum Gasteiger partial charge on any atom is 0.269 e. The predicted octanol–water partition coefficient (Wildman–Crippen LogP) is 5.52. The van der Waals surface area contributed by atoms with Crippen molar-refractivity contribution in [3.05, 3.63) is 105 Å². The number of aryl methyl sites for hydroxylation is 1. The van der Waals surface area contributed by atoms with Crippen LogP contribution in [0.25, 0.3) is 0 Å². The quantitative estimate of drug-likeness (QED) is 0.128. The second-order valence-corrected chi connectivity index (χ2v) is 13.3. The standard InChI is InChI=1S/C33H24Cl2FN3O7/c1-16-14-17(2-13-25(16)40)27-22-11-12-23-26(29(42)37(28(23)41)19-7-9-21(10-8-19)39(45)46)24(22)15-32(34)30(43)38(31(44)33(27,32)35)20-5-3-18(36)4-6-20/h2-11,13-14,23-24,26-27,40H,12,15H2,1H3. The Kier molecular flexibility index (Phi) is 6.67. The molecule has 2 heterocycles. The molecule has 46 heavy (non-hydrogen) atoms. The molecular weight excluding hydrogens is 640 g/mol. The molecular formula is C33H24Cl2FN3O7. The lowest BCUT2D eigenvalue weighted by molar-refractivity contribution is -0.384. The maximum absolute atomic E-state index is 14.4. The molecule has 3 aromatic rings. The normalized spacial score (nSPS) is 30.2. The number of phenols is 1. The largest absolute Gasteiger partial charge is 0.508 e. The second kappa shape index (κ2) is 10.2. The molecule has 0 spiro atoms. The van der Waals surface area contributed by atoms with Gasteiger partial charge in [-0.3, -0.25) is 34.2 Å². The number of nitrogens with zero attached hydrogens (tertiary/aromatic N) is 3. The minimum Gasteiger partial charge on any atom is -0.508 e. The molecule has 0 bridgehead atoms. The number of hydrogen-bond donors (Lipinski definition) is 1. The number of anilines is 2. The number of rotatable bonds is 4. The lowest BCUT2D eigenvalue weighted by Crippen LogP contribution is -2.60. The first-order valence-corrected chi connectivity index (χ1v) is 15.2. The molecule has 0 aromatic heterocycles. The summed E-state index contributed by atoms with van der Waals surface area (Å²) in [5, 5.41) is 21.5. The number of benzene rings is 3. The van der Waals surface area contributed by atoms with E-state index in [1.54, 1.807) is 25.1 Å². The van der Waals surface area contributed by atoms with E-state index >= 15 is 0 Å². The third-order valence-electron chi connectivity index (χ3n) is 9.77. The Bertz CT molecular complexity index is 1920. The molecule has 7 rings (SSSR count). The van der Waals surface area contributed by atoms with Crippen molar-refractivity contribution >= 4 is 63.9 Å². The van der Waals surface area contributed by atoms with Gasteiger partial charge in [-0.2, -0.15) is 0 Å². The zero-order valence-electron chi connectivity index (χ0n) is 24.0. The first kappa shape index (κ1) is 30.1. The van der Waals surface area contributed by atoms with E-state index in [1.165, 1.54) is 42.5 Å². The molecule has 3 fully saturated rings. The summed E-state index contributed by atoms with van der Waals surface area (Å²) in [6.45, 7) is 1.66. The van der Waals surface area contributed by atoms with Crippen LogP contribution >= 0.6 is 23.2 Å². The molecule has 4 aliphatic rings. The number of carbonyl (C=O) groups excluding carboxylic acids is 4. The predicted molar refractivity (Wildman–Crippen MR) is 165 cm³/mol. The van der Waals surface area contributed by atoms with Crippen LogP contribution in [-0.2, 0) is 19.2 Å². The molecule has 3 aromatic carbocycles. The van der Waals surface area contributed by atoms with E-state index in [2.05, 4.69) is 0 Å². The average molecular weight is 664 g/mol. The maximum atomic E-state index is 14.4. The molecule has 1 saturated carbocycles. The molecule has 1 N–H and O–H groups in total. The highest BCUT2D eigenvalue weighted by Crippen LogP contribution is 2.66. The molecule has 6 unspecified atom stereocenters. The number of carbonyl (C=O) groups is 4. The molecule has 4 amide bonds. The van der Waals surface area contributed by atoms with Crippen molar-refractivity contribution in [3.8, 4) is 5.75 Å². The summed E-state index contributed by atoms with van der Waals surface area (Å²) in [4.78, 5) is 64.8. The first-order valence-electron chi connectivity index (χ1n) is 14.4. The highest BCUT2D eigenvalue weighted by atomic mass is 35.5. The first-order chi connectivity index (χ1) is 21.8. The van der Waals surface area contributed by atoms with Crippen molar-refractivity contribution in [1.82, 2.24) is 0 Å². The van der Waals surface area contributed by atoms with Crippen molar-refractivity contribution in [2.24, 2.45) is 17.8 Å². The Morgan fingerprint density at radius 1 is 0.891 bits per heavy atom. The second-order valence-electron chi connectivity index (χ2n) is 12.1. The van der Waals surface area contributed by atoms with Gasteiger partial charge < -0.3 is 5.11 Å². The summed E-state index contributed by atoms with van der Waals surface area (Å²) < 4.78 is 13.8. The van der Waals surface area contributed by atoms with Crippen LogP contribution in [0.1, 0.15) is 29.9 Å². The lowest BCUT2D eigenvalue weighted by Gasteiger charge is -2.50. The average Bonchev–Trinajstić information content (AvgIpc) is 3.37. The zero-order chi connectivity index (χ0) is 32.9. The van der Waals surface area contributed by atoms with Gasteiger partial charge >= 0.3 is 0 Å². The van der Waals surface area contributed by atoms with Crippen molar-refractivity contribution in [2.45, 2.75) is 35.4 Å². The van der Waals surface area contributed by atoms with Gasteiger partial charge in [0, 0.05) is 18.1 Å². The fraction of sp³-hybridized carbons (Fsp3) is 0.273. The van der Waals surface area contributed by atoms with E-state index in [9.17, 15) is 38.8 Å². The summed E-state index contributed by atoms with van der Waals surface area (Å²) in [6.07, 6.45) is 1.65. The molecule has 10 nitrogen and oxygen atoms in total. The van der Waals surface area contributed by atoms with E-state index < -0.39 is 67.8 Å². The van der Waals surface area contributed by atoms with Crippen LogP contribution in [0.4, 0.5) is 21.5 Å². The Hall–Kier alpha value is -4.61.